The minimum absolute atomic E-state index is 0.151. The Balaban J connectivity index is 3.19. The van der Waals surface area contributed by atoms with Crippen molar-refractivity contribution in [1.82, 2.24) is 0 Å². The lowest BCUT2D eigenvalue weighted by Crippen LogP contribution is -2.13. The maximum atomic E-state index is 11.2. The topological polar surface area (TPSA) is 85.2 Å². The van der Waals surface area contributed by atoms with Crippen LogP contribution in [-0.2, 0) is 9.53 Å². The molecule has 6 heteroatoms. The van der Waals surface area contributed by atoms with Crippen LogP contribution in [0.1, 0.15) is 18.6 Å². The number of hydrogen-bond acceptors (Lipinski definition) is 6. The van der Waals surface area contributed by atoms with Crippen molar-refractivity contribution in [3.63, 3.8) is 0 Å². The van der Waals surface area contributed by atoms with Crippen LogP contribution >= 0.6 is 0 Å². The molecule has 18 heavy (non-hydrogen) atoms. The molecule has 1 atom stereocenters. The maximum Gasteiger partial charge on any atom is 0.339 e. The van der Waals surface area contributed by atoms with Crippen molar-refractivity contribution in [3.8, 4) is 17.2 Å². The van der Waals surface area contributed by atoms with Gasteiger partial charge in [-0.1, -0.05) is 0 Å². The zero-order valence-corrected chi connectivity index (χ0v) is 10.5. The maximum absolute atomic E-state index is 11.2. The van der Waals surface area contributed by atoms with Crippen molar-refractivity contribution in [2.75, 3.05) is 20.8 Å². The Bertz CT molecular complexity index is 429. The van der Waals surface area contributed by atoms with Crippen LogP contribution in [0.3, 0.4) is 0 Å². The van der Waals surface area contributed by atoms with Gasteiger partial charge in [-0.3, -0.25) is 0 Å². The number of hydrogen-bond donors (Lipinski definition) is 2. The van der Waals surface area contributed by atoms with Crippen LogP contribution in [0, 0.1) is 0 Å². The van der Waals surface area contributed by atoms with Gasteiger partial charge in [0.25, 0.3) is 0 Å². The lowest BCUT2D eigenvalue weighted by molar-refractivity contribution is -0.150. The lowest BCUT2D eigenvalue weighted by atomic mass is 10.1. The largest absolute Gasteiger partial charge is 0.504 e. The summed E-state index contributed by atoms with van der Waals surface area (Å²) in [5.41, 5.74) is 0.170. The second-order valence-corrected chi connectivity index (χ2v) is 3.43. The molecular weight excluding hydrogens is 240 g/mol. The van der Waals surface area contributed by atoms with Crippen LogP contribution in [0.15, 0.2) is 12.1 Å². The molecule has 0 aliphatic carbocycles. The zero-order valence-electron chi connectivity index (χ0n) is 10.5. The van der Waals surface area contributed by atoms with Crippen molar-refractivity contribution in [2.24, 2.45) is 0 Å². The summed E-state index contributed by atoms with van der Waals surface area (Å²) in [6, 6.07) is 2.65. The Hall–Kier alpha value is -1.95. The molecule has 0 aromatic heterocycles. The summed E-state index contributed by atoms with van der Waals surface area (Å²) >= 11 is 0. The minimum atomic E-state index is -1.48. The van der Waals surface area contributed by atoms with Gasteiger partial charge in [0.2, 0.25) is 5.75 Å². The monoisotopic (exact) mass is 256 g/mol. The van der Waals surface area contributed by atoms with Crippen molar-refractivity contribution < 1.29 is 29.2 Å². The summed E-state index contributed by atoms with van der Waals surface area (Å²) in [6.07, 6.45) is -1.48. The predicted octanol–water partition coefficient (Wildman–Crippen LogP) is 1.01. The minimum Gasteiger partial charge on any atom is -0.504 e. The van der Waals surface area contributed by atoms with Gasteiger partial charge in [0.1, 0.15) is 0 Å². The molecule has 1 aromatic rings. The summed E-state index contributed by atoms with van der Waals surface area (Å²) in [6.45, 7) is 2.12. The normalized spacial score (nSPS) is 11.8. The third-order valence-corrected chi connectivity index (χ3v) is 2.30. The number of aliphatic hydroxyl groups is 1. The number of phenols is 1. The molecule has 0 heterocycles. The predicted molar refractivity (Wildman–Crippen MR) is 62.8 cm³/mol. The summed E-state index contributed by atoms with van der Waals surface area (Å²) in [4.78, 5) is 11.2. The SMILES string of the molecule is CCOc1cc(C(O)C(=O)OC)cc(O)c1OC. The number of methoxy groups -OCH3 is 2. The van der Waals surface area contributed by atoms with E-state index in [1.54, 1.807) is 6.92 Å². The van der Waals surface area contributed by atoms with Crippen molar-refractivity contribution >= 4 is 5.97 Å². The van der Waals surface area contributed by atoms with Crippen LogP contribution in [0.4, 0.5) is 0 Å². The average molecular weight is 256 g/mol. The van der Waals surface area contributed by atoms with Crippen molar-refractivity contribution in [1.29, 1.82) is 0 Å². The molecule has 0 saturated carbocycles. The Kier molecular flexibility index (Phi) is 4.79. The van der Waals surface area contributed by atoms with Gasteiger partial charge in [-0.15, -0.1) is 0 Å². The van der Waals surface area contributed by atoms with E-state index in [-0.39, 0.29) is 22.8 Å². The molecule has 0 saturated heterocycles. The number of rotatable bonds is 5. The molecule has 1 rings (SSSR count). The Morgan fingerprint density at radius 1 is 1.39 bits per heavy atom. The highest BCUT2D eigenvalue weighted by molar-refractivity contribution is 5.77. The number of aromatic hydroxyl groups is 1. The number of carbonyl (C=O) groups excluding carboxylic acids is 1. The fourth-order valence-corrected chi connectivity index (χ4v) is 1.48. The number of aliphatic hydroxyl groups excluding tert-OH is 1. The van der Waals surface area contributed by atoms with E-state index < -0.39 is 12.1 Å². The molecule has 1 aromatic carbocycles. The molecule has 2 N–H and O–H groups in total. The fraction of sp³-hybridized carbons (Fsp3) is 0.417. The third kappa shape index (κ3) is 2.84. The van der Waals surface area contributed by atoms with E-state index in [0.717, 1.165) is 0 Å². The smallest absolute Gasteiger partial charge is 0.339 e. The second-order valence-electron chi connectivity index (χ2n) is 3.43. The molecule has 0 fully saturated rings. The molecule has 0 aliphatic rings. The van der Waals surface area contributed by atoms with Gasteiger partial charge in [0, 0.05) is 0 Å². The zero-order chi connectivity index (χ0) is 13.7. The molecule has 0 aliphatic heterocycles. The number of esters is 1. The van der Waals surface area contributed by atoms with Crippen LogP contribution in [0.2, 0.25) is 0 Å². The molecule has 0 radical (unpaired) electrons. The lowest BCUT2D eigenvalue weighted by Gasteiger charge is -2.15. The summed E-state index contributed by atoms with van der Waals surface area (Å²) in [5, 5.41) is 19.4. The quantitative estimate of drug-likeness (QED) is 0.765. The summed E-state index contributed by atoms with van der Waals surface area (Å²) in [5.74, 6) is -0.640. The average Bonchev–Trinajstić information content (AvgIpc) is 2.37. The highest BCUT2D eigenvalue weighted by atomic mass is 16.5. The molecular formula is C12H16O6. The van der Waals surface area contributed by atoms with Crippen molar-refractivity contribution in [3.05, 3.63) is 17.7 Å². The van der Waals surface area contributed by atoms with E-state index in [1.165, 1.54) is 26.4 Å². The van der Waals surface area contributed by atoms with Gasteiger partial charge in [0.05, 0.1) is 20.8 Å². The Morgan fingerprint density at radius 3 is 2.56 bits per heavy atom. The van der Waals surface area contributed by atoms with E-state index >= 15 is 0 Å². The van der Waals surface area contributed by atoms with Gasteiger partial charge >= 0.3 is 5.97 Å². The van der Waals surface area contributed by atoms with E-state index in [9.17, 15) is 15.0 Å². The van der Waals surface area contributed by atoms with Crippen LogP contribution in [0.5, 0.6) is 17.2 Å². The van der Waals surface area contributed by atoms with E-state index in [0.29, 0.717) is 6.61 Å². The standard InChI is InChI=1S/C12H16O6/c1-4-18-9-6-7(10(14)12(15)17-3)5-8(13)11(9)16-2/h5-6,10,13-14H,4H2,1-3H3. The molecule has 0 spiro atoms. The van der Waals surface area contributed by atoms with Gasteiger partial charge in [-0.2, -0.15) is 0 Å². The van der Waals surface area contributed by atoms with Crippen LogP contribution in [0.25, 0.3) is 0 Å². The number of carbonyl (C=O) groups is 1. The number of ether oxygens (including phenoxy) is 3. The van der Waals surface area contributed by atoms with E-state index in [4.69, 9.17) is 9.47 Å². The number of phenolic OH excluding ortho intramolecular Hbond substituents is 1. The van der Waals surface area contributed by atoms with Gasteiger partial charge in [-0.05, 0) is 24.6 Å². The third-order valence-electron chi connectivity index (χ3n) is 2.30. The fourth-order valence-electron chi connectivity index (χ4n) is 1.48. The first kappa shape index (κ1) is 14.1. The van der Waals surface area contributed by atoms with E-state index in [1.807, 2.05) is 0 Å². The van der Waals surface area contributed by atoms with Crippen molar-refractivity contribution in [2.45, 2.75) is 13.0 Å². The van der Waals surface area contributed by atoms with E-state index in [2.05, 4.69) is 4.74 Å². The molecule has 0 bridgehead atoms. The van der Waals surface area contributed by atoms with Gasteiger partial charge in [-0.25, -0.2) is 4.79 Å². The molecule has 6 nitrogen and oxygen atoms in total. The van der Waals surface area contributed by atoms with Gasteiger partial charge < -0.3 is 24.4 Å². The molecule has 1 unspecified atom stereocenters. The highest BCUT2D eigenvalue weighted by Gasteiger charge is 2.22. The molecule has 0 amide bonds. The highest BCUT2D eigenvalue weighted by Crippen LogP contribution is 2.39. The molecule has 100 valence electrons. The van der Waals surface area contributed by atoms with Crippen LogP contribution in [-0.4, -0.2) is 37.0 Å². The first-order chi connectivity index (χ1) is 8.54. The summed E-state index contributed by atoms with van der Waals surface area (Å²) < 4.78 is 14.7. The Labute approximate surface area is 105 Å². The first-order valence-corrected chi connectivity index (χ1v) is 5.34. The second kappa shape index (κ2) is 6.11. The van der Waals surface area contributed by atoms with Gasteiger partial charge in [0.15, 0.2) is 17.6 Å². The summed E-state index contributed by atoms with van der Waals surface area (Å²) in [7, 11) is 2.55. The Morgan fingerprint density at radius 2 is 2.06 bits per heavy atom. The number of benzene rings is 1. The first-order valence-electron chi connectivity index (χ1n) is 5.34. The van der Waals surface area contributed by atoms with Crippen LogP contribution < -0.4 is 9.47 Å².